The molecule has 0 aliphatic rings. The van der Waals surface area contributed by atoms with Gasteiger partial charge in [-0.1, -0.05) is 24.3 Å². The molecule has 0 radical (unpaired) electrons. The van der Waals surface area contributed by atoms with Crippen LogP contribution in [0.3, 0.4) is 0 Å². The first-order valence-corrected chi connectivity index (χ1v) is 9.98. The molecule has 7 heteroatoms. The lowest BCUT2D eigenvalue weighted by Gasteiger charge is -2.18. The molecule has 0 bridgehead atoms. The van der Waals surface area contributed by atoms with E-state index in [9.17, 15) is 9.59 Å². The van der Waals surface area contributed by atoms with E-state index >= 15 is 0 Å². The van der Waals surface area contributed by atoms with E-state index in [1.807, 2.05) is 78.5 Å². The highest BCUT2D eigenvalue weighted by Gasteiger charge is 2.22. The van der Waals surface area contributed by atoms with Crippen molar-refractivity contribution in [2.24, 2.45) is 0 Å². The van der Waals surface area contributed by atoms with E-state index < -0.39 is 6.04 Å². The average Bonchev–Trinajstić information content (AvgIpc) is 3.07. The molecule has 154 valence electrons. The molecule has 0 aliphatic heterocycles. The monoisotopic (exact) mass is 404 g/mol. The van der Waals surface area contributed by atoms with E-state index in [0.717, 1.165) is 27.9 Å². The van der Waals surface area contributed by atoms with Gasteiger partial charge in [0.15, 0.2) is 5.65 Å². The van der Waals surface area contributed by atoms with Crippen LogP contribution in [-0.4, -0.2) is 26.7 Å². The second-order valence-corrected chi connectivity index (χ2v) is 7.20. The van der Waals surface area contributed by atoms with Crippen molar-refractivity contribution in [2.75, 3.05) is 6.61 Å². The van der Waals surface area contributed by atoms with Gasteiger partial charge in [-0.2, -0.15) is 4.98 Å². The molecule has 2 aromatic carbocycles. The van der Waals surface area contributed by atoms with E-state index in [1.54, 1.807) is 0 Å². The molecule has 0 unspecified atom stereocenters. The zero-order valence-electron chi connectivity index (χ0n) is 17.3. The maximum atomic E-state index is 13.0. The predicted octanol–water partition coefficient (Wildman–Crippen LogP) is 3.23. The quantitative estimate of drug-likeness (QED) is 0.535. The maximum Gasteiger partial charge on any atom is 0.273 e. The van der Waals surface area contributed by atoms with Crippen LogP contribution in [0.15, 0.2) is 59.4 Å². The Kier molecular flexibility index (Phi) is 5.27. The number of aryl methyl sites for hydroxylation is 1. The third kappa shape index (κ3) is 3.54. The van der Waals surface area contributed by atoms with Crippen LogP contribution < -0.4 is 15.6 Å². The number of hydrogen-bond acceptors (Lipinski definition) is 4. The molecule has 1 N–H and O–H groups in total. The molecule has 30 heavy (non-hydrogen) atoms. The molecule has 1 atom stereocenters. The van der Waals surface area contributed by atoms with Gasteiger partial charge in [-0.05, 0) is 50.6 Å². The Hall–Kier alpha value is -3.61. The summed E-state index contributed by atoms with van der Waals surface area (Å²) in [6, 6.07) is 16.3. The van der Waals surface area contributed by atoms with Crippen molar-refractivity contribution < 1.29 is 9.53 Å². The minimum Gasteiger partial charge on any atom is -0.494 e. The van der Waals surface area contributed by atoms with Crippen LogP contribution in [0, 0.1) is 6.92 Å². The van der Waals surface area contributed by atoms with E-state index in [4.69, 9.17) is 4.74 Å². The minimum absolute atomic E-state index is 0.121. The van der Waals surface area contributed by atoms with E-state index in [1.165, 1.54) is 6.07 Å². The number of aromatic nitrogens is 3. The Bertz CT molecular complexity index is 1270. The number of amides is 1. The molecule has 2 aromatic heterocycles. The van der Waals surface area contributed by atoms with Crippen molar-refractivity contribution >= 4 is 22.5 Å². The van der Waals surface area contributed by atoms with Gasteiger partial charge in [-0.3, -0.25) is 14.3 Å². The number of para-hydroxylation sites is 1. The van der Waals surface area contributed by atoms with Crippen LogP contribution in [0.1, 0.15) is 31.1 Å². The second kappa shape index (κ2) is 8.02. The van der Waals surface area contributed by atoms with Crippen LogP contribution in [0.4, 0.5) is 0 Å². The predicted molar refractivity (Wildman–Crippen MR) is 116 cm³/mol. The zero-order valence-corrected chi connectivity index (χ0v) is 17.3. The fourth-order valence-corrected chi connectivity index (χ4v) is 3.71. The SMILES string of the molecule is CCOc1ccc(CNC(=O)[C@H](C)n2c3ccccc3c3nc(=O)cc(C)n32)cc1. The van der Waals surface area contributed by atoms with E-state index in [2.05, 4.69) is 10.3 Å². The van der Waals surface area contributed by atoms with Crippen molar-refractivity contribution in [1.82, 2.24) is 19.5 Å². The van der Waals surface area contributed by atoms with Crippen LogP contribution in [-0.2, 0) is 11.3 Å². The number of carbonyl (C=O) groups excluding carboxylic acids is 1. The molecule has 0 fully saturated rings. The molecule has 4 rings (SSSR count). The van der Waals surface area contributed by atoms with E-state index in [-0.39, 0.29) is 11.5 Å². The van der Waals surface area contributed by atoms with Gasteiger partial charge in [0.1, 0.15) is 11.8 Å². The van der Waals surface area contributed by atoms with Crippen molar-refractivity contribution in [3.8, 4) is 5.75 Å². The number of rotatable bonds is 6. The van der Waals surface area contributed by atoms with Gasteiger partial charge in [0.2, 0.25) is 5.91 Å². The molecular formula is C23H24N4O3. The Morgan fingerprint density at radius 3 is 2.63 bits per heavy atom. The maximum absolute atomic E-state index is 13.0. The molecule has 0 saturated carbocycles. The summed E-state index contributed by atoms with van der Waals surface area (Å²) in [5.41, 5.74) is 2.84. The van der Waals surface area contributed by atoms with Gasteiger partial charge in [0.05, 0.1) is 12.1 Å². The number of benzene rings is 2. The number of carbonyl (C=O) groups is 1. The number of nitrogens with one attached hydrogen (secondary N) is 1. The van der Waals surface area contributed by atoms with Crippen molar-refractivity contribution in [3.05, 3.63) is 76.2 Å². The summed E-state index contributed by atoms with van der Waals surface area (Å²) in [7, 11) is 0. The summed E-state index contributed by atoms with van der Waals surface area (Å²) < 4.78 is 9.18. The van der Waals surface area contributed by atoms with Crippen molar-refractivity contribution in [3.63, 3.8) is 0 Å². The molecule has 2 heterocycles. The second-order valence-electron chi connectivity index (χ2n) is 7.20. The number of ether oxygens (including phenoxy) is 1. The van der Waals surface area contributed by atoms with Crippen LogP contribution in [0.2, 0.25) is 0 Å². The van der Waals surface area contributed by atoms with Gasteiger partial charge in [0, 0.05) is 23.7 Å². The highest BCUT2D eigenvalue weighted by Crippen LogP contribution is 2.25. The number of hydrogen-bond donors (Lipinski definition) is 1. The Morgan fingerprint density at radius 1 is 1.17 bits per heavy atom. The zero-order chi connectivity index (χ0) is 21.3. The summed E-state index contributed by atoms with van der Waals surface area (Å²) in [4.78, 5) is 29.1. The summed E-state index contributed by atoms with van der Waals surface area (Å²) >= 11 is 0. The first kappa shape index (κ1) is 19.7. The smallest absolute Gasteiger partial charge is 0.273 e. The number of nitrogens with zero attached hydrogens (tertiary/aromatic N) is 3. The van der Waals surface area contributed by atoms with Crippen LogP contribution in [0.5, 0.6) is 5.75 Å². The van der Waals surface area contributed by atoms with Gasteiger partial charge < -0.3 is 10.1 Å². The molecular weight excluding hydrogens is 380 g/mol. The topological polar surface area (TPSA) is 77.6 Å². The summed E-state index contributed by atoms with van der Waals surface area (Å²) in [5, 5.41) is 3.84. The molecule has 7 nitrogen and oxygen atoms in total. The average molecular weight is 404 g/mol. The highest BCUT2D eigenvalue weighted by molar-refractivity contribution is 5.94. The van der Waals surface area contributed by atoms with Crippen molar-refractivity contribution in [1.29, 1.82) is 0 Å². The third-order valence-electron chi connectivity index (χ3n) is 5.14. The van der Waals surface area contributed by atoms with E-state index in [0.29, 0.717) is 18.8 Å². The Balaban J connectivity index is 1.64. The number of fused-ring (bicyclic) bond motifs is 3. The van der Waals surface area contributed by atoms with Crippen LogP contribution in [0.25, 0.3) is 16.6 Å². The summed E-state index contributed by atoms with van der Waals surface area (Å²) in [6.07, 6.45) is 0. The summed E-state index contributed by atoms with van der Waals surface area (Å²) in [5.74, 6) is 0.688. The summed E-state index contributed by atoms with van der Waals surface area (Å²) in [6.45, 7) is 6.66. The molecule has 0 aliphatic carbocycles. The lowest BCUT2D eigenvalue weighted by atomic mass is 10.2. The normalized spacial score (nSPS) is 12.2. The fourth-order valence-electron chi connectivity index (χ4n) is 3.71. The Morgan fingerprint density at radius 2 is 1.90 bits per heavy atom. The molecule has 1 amide bonds. The lowest BCUT2D eigenvalue weighted by molar-refractivity contribution is -0.124. The van der Waals surface area contributed by atoms with Gasteiger partial charge >= 0.3 is 0 Å². The lowest BCUT2D eigenvalue weighted by Crippen LogP contribution is -2.32. The standard InChI is InChI=1S/C23H24N4O3/c1-4-30-18-11-9-17(10-12-18)14-24-23(29)16(3)27-20-8-6-5-7-19(20)22-25-21(28)13-15(2)26(22)27/h5-13,16H,4,14H2,1-3H3,(H,24,29)/t16-/m0/s1. The molecule has 4 aromatic rings. The van der Waals surface area contributed by atoms with Crippen molar-refractivity contribution in [2.45, 2.75) is 33.4 Å². The van der Waals surface area contributed by atoms with Gasteiger partial charge in [0.25, 0.3) is 5.56 Å². The van der Waals surface area contributed by atoms with Gasteiger partial charge in [-0.25, -0.2) is 4.52 Å². The third-order valence-corrected chi connectivity index (χ3v) is 5.14. The minimum atomic E-state index is -0.502. The molecule has 0 saturated heterocycles. The largest absolute Gasteiger partial charge is 0.494 e. The molecule has 0 spiro atoms. The van der Waals surface area contributed by atoms with Gasteiger partial charge in [-0.15, -0.1) is 0 Å². The first-order chi connectivity index (χ1) is 14.5. The van der Waals surface area contributed by atoms with Crippen LogP contribution >= 0.6 is 0 Å². The highest BCUT2D eigenvalue weighted by atomic mass is 16.5. The fraction of sp³-hybridized carbons (Fsp3) is 0.261. The first-order valence-electron chi connectivity index (χ1n) is 9.98. The Labute approximate surface area is 173 Å².